The summed E-state index contributed by atoms with van der Waals surface area (Å²) in [5.41, 5.74) is 0. The SMILES string of the molecule is CC(C)N(CCO)/[N+]([O-])=N\[O-].[Na+]. The van der Waals surface area contributed by atoms with Crippen LogP contribution < -0.4 is 29.6 Å². The van der Waals surface area contributed by atoms with Crippen molar-refractivity contribution in [1.29, 1.82) is 0 Å². The molecule has 0 spiro atoms. The predicted octanol–water partition coefficient (Wildman–Crippen LogP) is -2.93. The number of hydrogen-bond donors (Lipinski definition) is 1. The van der Waals surface area contributed by atoms with E-state index in [-0.39, 0.29) is 53.7 Å². The Morgan fingerprint density at radius 3 is 2.33 bits per heavy atom. The van der Waals surface area contributed by atoms with Crippen LogP contribution in [0.5, 0.6) is 0 Å². The normalized spacial score (nSPS) is 11.2. The molecule has 1 N–H and O–H groups in total. The van der Waals surface area contributed by atoms with E-state index in [1.807, 2.05) is 0 Å². The molecule has 0 fully saturated rings. The van der Waals surface area contributed by atoms with Crippen molar-refractivity contribution in [3.8, 4) is 0 Å². The Hall–Kier alpha value is -0.0400. The van der Waals surface area contributed by atoms with Crippen molar-refractivity contribution in [2.75, 3.05) is 13.2 Å². The van der Waals surface area contributed by atoms with Gasteiger partial charge in [0.2, 0.25) is 0 Å². The minimum absolute atomic E-state index is 0. The molecule has 0 radical (unpaired) electrons. The third-order valence-corrected chi connectivity index (χ3v) is 1.21. The van der Waals surface area contributed by atoms with Crippen LogP contribution in [-0.2, 0) is 0 Å². The Labute approximate surface area is 93.3 Å². The van der Waals surface area contributed by atoms with Gasteiger partial charge in [-0.3, -0.25) is 0 Å². The van der Waals surface area contributed by atoms with E-state index in [9.17, 15) is 10.4 Å². The molecule has 0 unspecified atom stereocenters. The van der Waals surface area contributed by atoms with Crippen LogP contribution >= 0.6 is 0 Å². The molecule has 6 nitrogen and oxygen atoms in total. The summed E-state index contributed by atoms with van der Waals surface area (Å²) in [5.74, 6) is 0. The zero-order valence-corrected chi connectivity index (χ0v) is 9.60. The van der Waals surface area contributed by atoms with Crippen molar-refractivity contribution < 1.29 is 39.6 Å². The molecule has 0 aromatic rings. The first-order valence-corrected chi connectivity index (χ1v) is 3.31. The molecular formula is C5H12N3NaO3. The van der Waals surface area contributed by atoms with Crippen LogP contribution in [0.25, 0.3) is 0 Å². The minimum Gasteiger partial charge on any atom is -0.737 e. The molecule has 0 aliphatic rings. The Morgan fingerprint density at radius 2 is 2.08 bits per heavy atom. The monoisotopic (exact) mass is 185 g/mol. The number of hydrogen-bond acceptors (Lipinski definition) is 4. The maximum Gasteiger partial charge on any atom is 1.00 e. The van der Waals surface area contributed by atoms with E-state index in [0.717, 1.165) is 5.01 Å². The van der Waals surface area contributed by atoms with Gasteiger partial charge in [-0.05, 0) is 19.1 Å². The maximum atomic E-state index is 10.6. The number of aliphatic hydroxyl groups is 1. The third kappa shape index (κ3) is 4.76. The fourth-order valence-electron chi connectivity index (χ4n) is 0.691. The Morgan fingerprint density at radius 1 is 1.58 bits per heavy atom. The molecule has 0 aliphatic heterocycles. The van der Waals surface area contributed by atoms with Gasteiger partial charge >= 0.3 is 29.6 Å². The summed E-state index contributed by atoms with van der Waals surface area (Å²) in [6.07, 6.45) is 0. The molecule has 0 saturated heterocycles. The van der Waals surface area contributed by atoms with Gasteiger partial charge in [0.05, 0.1) is 12.6 Å². The summed E-state index contributed by atoms with van der Waals surface area (Å²) in [4.78, 5) is -0.0547. The zero-order valence-electron chi connectivity index (χ0n) is 7.60. The minimum atomic E-state index is -0.174. The van der Waals surface area contributed by atoms with Crippen LogP contribution in [0.4, 0.5) is 0 Å². The average molecular weight is 185 g/mol. The number of aliphatic hydroxyl groups excluding tert-OH is 1. The molecular weight excluding hydrogens is 173 g/mol. The van der Waals surface area contributed by atoms with Crippen LogP contribution in [0.15, 0.2) is 5.28 Å². The van der Waals surface area contributed by atoms with Crippen molar-refractivity contribution >= 4 is 0 Å². The first kappa shape index (κ1) is 14.5. The fraction of sp³-hybridized carbons (Fsp3) is 1.00. The first-order chi connectivity index (χ1) is 5.13. The molecule has 12 heavy (non-hydrogen) atoms. The Bertz CT molecular complexity index is 142. The second-order valence-electron chi connectivity index (χ2n) is 2.31. The third-order valence-electron chi connectivity index (χ3n) is 1.21. The summed E-state index contributed by atoms with van der Waals surface area (Å²) in [5, 5.41) is 32.1. The molecule has 0 bridgehead atoms. The van der Waals surface area contributed by atoms with Crippen LogP contribution in [0.1, 0.15) is 13.8 Å². The second-order valence-corrected chi connectivity index (χ2v) is 2.31. The summed E-state index contributed by atoms with van der Waals surface area (Å²) >= 11 is 0. The molecule has 0 amide bonds. The second kappa shape index (κ2) is 7.60. The molecule has 0 heterocycles. The van der Waals surface area contributed by atoms with Crippen molar-refractivity contribution in [2.45, 2.75) is 19.9 Å². The van der Waals surface area contributed by atoms with Crippen LogP contribution in [0, 0.1) is 10.4 Å². The van der Waals surface area contributed by atoms with E-state index >= 15 is 0 Å². The topological polar surface area (TPSA) is 85.0 Å². The molecule has 0 rings (SSSR count). The zero-order chi connectivity index (χ0) is 8.85. The van der Waals surface area contributed by atoms with E-state index in [2.05, 4.69) is 5.28 Å². The van der Waals surface area contributed by atoms with Crippen LogP contribution in [-0.4, -0.2) is 34.3 Å². The maximum absolute atomic E-state index is 10.6. The molecule has 0 saturated carbocycles. The number of hydrazine groups is 1. The first-order valence-electron chi connectivity index (χ1n) is 3.31. The van der Waals surface area contributed by atoms with E-state index in [0.29, 0.717) is 0 Å². The predicted molar refractivity (Wildman–Crippen MR) is 38.4 cm³/mol. The Balaban J connectivity index is 0. The Kier molecular flexibility index (Phi) is 9.17. The van der Waals surface area contributed by atoms with Crippen molar-refractivity contribution in [3.63, 3.8) is 0 Å². The van der Waals surface area contributed by atoms with Crippen molar-refractivity contribution in [2.24, 2.45) is 5.28 Å². The molecule has 0 aliphatic carbocycles. The van der Waals surface area contributed by atoms with Crippen molar-refractivity contribution in [1.82, 2.24) is 5.01 Å². The molecule has 0 aromatic heterocycles. The molecule has 66 valence electrons. The van der Waals surface area contributed by atoms with Gasteiger partial charge in [0.15, 0.2) is 0 Å². The van der Waals surface area contributed by atoms with Gasteiger partial charge in [0.25, 0.3) is 0 Å². The van der Waals surface area contributed by atoms with Gasteiger partial charge in [0, 0.05) is 4.97 Å². The average Bonchev–Trinajstić information content (AvgIpc) is 1.98. The van der Waals surface area contributed by atoms with E-state index < -0.39 is 0 Å². The molecule has 0 atom stereocenters. The fourth-order valence-corrected chi connectivity index (χ4v) is 0.691. The smallest absolute Gasteiger partial charge is 0.737 e. The number of rotatable bonds is 4. The van der Waals surface area contributed by atoms with Gasteiger partial charge in [-0.25, -0.2) is 0 Å². The largest absolute Gasteiger partial charge is 1.00 e. The van der Waals surface area contributed by atoms with Crippen LogP contribution in [0.3, 0.4) is 0 Å². The summed E-state index contributed by atoms with van der Waals surface area (Å²) in [6, 6.07) is -0.141. The summed E-state index contributed by atoms with van der Waals surface area (Å²) in [6.45, 7) is 3.40. The van der Waals surface area contributed by atoms with Gasteiger partial charge < -0.3 is 15.5 Å². The van der Waals surface area contributed by atoms with Crippen molar-refractivity contribution in [3.05, 3.63) is 10.4 Å². The van der Waals surface area contributed by atoms with Crippen LogP contribution in [0.2, 0.25) is 0 Å². The van der Waals surface area contributed by atoms with Gasteiger partial charge in [0.1, 0.15) is 6.54 Å². The van der Waals surface area contributed by atoms with E-state index in [4.69, 9.17) is 5.11 Å². The van der Waals surface area contributed by atoms with Gasteiger partial charge in [-0.2, -0.15) is 0 Å². The molecule has 0 aromatic carbocycles. The number of nitrogens with zero attached hydrogens (tertiary/aromatic N) is 3. The van der Waals surface area contributed by atoms with E-state index in [1.165, 1.54) is 0 Å². The van der Waals surface area contributed by atoms with Gasteiger partial charge in [-0.15, -0.1) is 5.01 Å². The standard InChI is InChI=1S/C5H13N3O3.Na/c1-5(2)7(3-4-9)8(11)6-10;/h5,9-10H,3-4H2,1-2H3;/q;+1/p-1/b8-6+;. The quantitative estimate of drug-likeness (QED) is 0.220. The molecule has 7 heteroatoms. The summed E-state index contributed by atoms with van der Waals surface area (Å²) in [7, 11) is 0. The summed E-state index contributed by atoms with van der Waals surface area (Å²) < 4.78 is 0. The van der Waals surface area contributed by atoms with E-state index in [1.54, 1.807) is 13.8 Å². The van der Waals surface area contributed by atoms with Gasteiger partial charge in [-0.1, -0.05) is 0 Å².